The minimum atomic E-state index is -0.538. The third kappa shape index (κ3) is 8.00. The number of ether oxygens (including phenoxy) is 1. The Morgan fingerprint density at radius 1 is 0.900 bits per heavy atom. The van der Waals surface area contributed by atoms with E-state index in [-0.39, 0.29) is 24.0 Å². The molecule has 0 aromatic heterocycles. The van der Waals surface area contributed by atoms with Crippen LogP contribution in [-0.2, 0) is 20.7 Å². The Balaban J connectivity index is 2.02. The molecule has 4 nitrogen and oxygen atoms in total. The molecule has 2 rings (SSSR count). The molecular weight excluding hydrogens is 376 g/mol. The summed E-state index contributed by atoms with van der Waals surface area (Å²) in [6.45, 7) is 7.29. The van der Waals surface area contributed by atoms with Crippen molar-refractivity contribution in [2.45, 2.75) is 46.1 Å². The standard InChI is InChI=1S/C26H28O4/c1-5-23(27)15-13-19-9-11-20(12-10-19)14-16-24(28)22-8-6-7-21(17-22)18-25(29)30-26(2,3)4/h6-17H,5,18H2,1-4H3/b15-13+,16-14+. The largest absolute Gasteiger partial charge is 0.460 e. The van der Waals surface area contributed by atoms with Crippen LogP contribution in [0.15, 0.2) is 60.7 Å². The van der Waals surface area contributed by atoms with E-state index in [9.17, 15) is 14.4 Å². The molecule has 156 valence electrons. The summed E-state index contributed by atoms with van der Waals surface area (Å²) in [6.07, 6.45) is 7.21. The first kappa shape index (κ1) is 23.0. The SMILES string of the molecule is CCC(=O)/C=C/c1ccc(/C=C/C(=O)c2cccc(CC(=O)OC(C)(C)C)c2)cc1. The van der Waals surface area contributed by atoms with Crippen molar-refractivity contribution >= 4 is 29.7 Å². The zero-order valence-electron chi connectivity index (χ0n) is 18.0. The van der Waals surface area contributed by atoms with Gasteiger partial charge in [-0.2, -0.15) is 0 Å². The fraction of sp³-hybridized carbons (Fsp3) is 0.269. The van der Waals surface area contributed by atoms with Crippen molar-refractivity contribution in [1.29, 1.82) is 0 Å². The highest BCUT2D eigenvalue weighted by Gasteiger charge is 2.16. The van der Waals surface area contributed by atoms with Gasteiger partial charge in [0.2, 0.25) is 0 Å². The van der Waals surface area contributed by atoms with Crippen LogP contribution in [0.5, 0.6) is 0 Å². The quantitative estimate of drug-likeness (QED) is 0.333. The van der Waals surface area contributed by atoms with Crippen LogP contribution in [0.3, 0.4) is 0 Å². The molecule has 0 saturated carbocycles. The van der Waals surface area contributed by atoms with Gasteiger partial charge in [-0.15, -0.1) is 0 Å². The minimum Gasteiger partial charge on any atom is -0.460 e. The number of carbonyl (C=O) groups excluding carboxylic acids is 3. The Morgan fingerprint density at radius 2 is 1.50 bits per heavy atom. The van der Waals surface area contributed by atoms with E-state index in [0.29, 0.717) is 12.0 Å². The molecule has 0 spiro atoms. The molecule has 0 aliphatic heterocycles. The minimum absolute atomic E-state index is 0.0819. The fourth-order valence-corrected chi connectivity index (χ4v) is 2.67. The Bertz CT molecular complexity index is 957. The molecule has 2 aromatic carbocycles. The molecule has 2 aromatic rings. The maximum absolute atomic E-state index is 12.5. The monoisotopic (exact) mass is 404 g/mol. The number of rotatable bonds is 8. The van der Waals surface area contributed by atoms with Crippen LogP contribution in [0.1, 0.15) is 61.2 Å². The van der Waals surface area contributed by atoms with E-state index in [1.54, 1.807) is 42.5 Å². The third-order valence-electron chi connectivity index (χ3n) is 4.15. The van der Waals surface area contributed by atoms with Crippen LogP contribution in [-0.4, -0.2) is 23.1 Å². The Hall–Kier alpha value is -3.27. The number of esters is 1. The lowest BCUT2D eigenvalue weighted by molar-refractivity contribution is -0.153. The van der Waals surface area contributed by atoms with Crippen molar-refractivity contribution in [1.82, 2.24) is 0 Å². The number of benzene rings is 2. The second-order valence-electron chi connectivity index (χ2n) is 7.98. The molecular formula is C26H28O4. The number of carbonyl (C=O) groups is 3. The molecule has 0 bridgehead atoms. The molecule has 30 heavy (non-hydrogen) atoms. The summed E-state index contributed by atoms with van der Waals surface area (Å²) >= 11 is 0. The van der Waals surface area contributed by atoms with Crippen LogP contribution < -0.4 is 0 Å². The summed E-state index contributed by atoms with van der Waals surface area (Å²) in [6, 6.07) is 14.6. The van der Waals surface area contributed by atoms with Gasteiger partial charge in [-0.3, -0.25) is 14.4 Å². The second-order valence-corrected chi connectivity index (χ2v) is 7.98. The summed E-state index contributed by atoms with van der Waals surface area (Å²) in [4.78, 5) is 35.9. The van der Waals surface area contributed by atoms with Crippen molar-refractivity contribution in [2.75, 3.05) is 0 Å². The topological polar surface area (TPSA) is 60.4 Å². The van der Waals surface area contributed by atoms with Crippen molar-refractivity contribution in [2.24, 2.45) is 0 Å². The van der Waals surface area contributed by atoms with E-state index in [2.05, 4.69) is 0 Å². The van der Waals surface area contributed by atoms with Crippen molar-refractivity contribution in [3.8, 4) is 0 Å². The predicted molar refractivity (Wildman–Crippen MR) is 120 cm³/mol. The Kier molecular flexibility index (Phi) is 8.05. The third-order valence-corrected chi connectivity index (χ3v) is 4.15. The average Bonchev–Trinajstić information content (AvgIpc) is 2.69. The highest BCUT2D eigenvalue weighted by Crippen LogP contribution is 2.13. The molecule has 0 unspecified atom stereocenters. The fourth-order valence-electron chi connectivity index (χ4n) is 2.67. The van der Waals surface area contributed by atoms with Gasteiger partial charge < -0.3 is 4.74 Å². The van der Waals surface area contributed by atoms with Gasteiger partial charge in [0.05, 0.1) is 6.42 Å². The van der Waals surface area contributed by atoms with E-state index in [4.69, 9.17) is 4.74 Å². The van der Waals surface area contributed by atoms with Crippen molar-refractivity contribution < 1.29 is 19.1 Å². The first-order valence-corrected chi connectivity index (χ1v) is 10.0. The number of ketones is 2. The number of allylic oxidation sites excluding steroid dienone is 2. The first-order valence-electron chi connectivity index (χ1n) is 10.0. The van der Waals surface area contributed by atoms with Crippen LogP contribution >= 0.6 is 0 Å². The van der Waals surface area contributed by atoms with Gasteiger partial charge in [0.15, 0.2) is 11.6 Å². The van der Waals surface area contributed by atoms with Gasteiger partial charge in [-0.05, 0) is 55.7 Å². The lowest BCUT2D eigenvalue weighted by atomic mass is 10.0. The first-order chi connectivity index (χ1) is 14.2. The van der Waals surface area contributed by atoms with Crippen molar-refractivity contribution in [3.63, 3.8) is 0 Å². The molecule has 4 heteroatoms. The molecule has 0 amide bonds. The molecule has 0 atom stereocenters. The molecule has 0 heterocycles. The smallest absolute Gasteiger partial charge is 0.310 e. The number of hydrogen-bond acceptors (Lipinski definition) is 4. The van der Waals surface area contributed by atoms with E-state index in [1.165, 1.54) is 6.08 Å². The molecule has 0 N–H and O–H groups in total. The maximum Gasteiger partial charge on any atom is 0.310 e. The average molecular weight is 405 g/mol. The second kappa shape index (κ2) is 10.5. The van der Waals surface area contributed by atoms with Gasteiger partial charge in [0.25, 0.3) is 0 Å². The zero-order chi connectivity index (χ0) is 22.1. The van der Waals surface area contributed by atoms with E-state index >= 15 is 0 Å². The lowest BCUT2D eigenvalue weighted by Gasteiger charge is -2.19. The van der Waals surface area contributed by atoms with E-state index < -0.39 is 5.60 Å². The van der Waals surface area contributed by atoms with Gasteiger partial charge in [0, 0.05) is 12.0 Å². The van der Waals surface area contributed by atoms with Crippen molar-refractivity contribution in [3.05, 3.63) is 82.9 Å². The van der Waals surface area contributed by atoms with Crippen LogP contribution in [0.25, 0.3) is 12.2 Å². The highest BCUT2D eigenvalue weighted by molar-refractivity contribution is 6.07. The van der Waals surface area contributed by atoms with Gasteiger partial charge in [-0.25, -0.2) is 0 Å². The molecule has 0 aliphatic rings. The van der Waals surface area contributed by atoms with Gasteiger partial charge >= 0.3 is 5.97 Å². The van der Waals surface area contributed by atoms with Crippen LogP contribution in [0, 0.1) is 0 Å². The highest BCUT2D eigenvalue weighted by atomic mass is 16.6. The summed E-state index contributed by atoms with van der Waals surface area (Å²) in [5.41, 5.74) is 2.53. The maximum atomic E-state index is 12.5. The summed E-state index contributed by atoms with van der Waals surface area (Å²) in [5.74, 6) is -0.380. The summed E-state index contributed by atoms with van der Waals surface area (Å²) < 4.78 is 5.33. The summed E-state index contributed by atoms with van der Waals surface area (Å²) in [7, 11) is 0. The molecule has 0 fully saturated rings. The Morgan fingerprint density at radius 3 is 2.07 bits per heavy atom. The van der Waals surface area contributed by atoms with Gasteiger partial charge in [-0.1, -0.05) is 61.5 Å². The number of hydrogen-bond donors (Lipinski definition) is 0. The molecule has 0 saturated heterocycles. The van der Waals surface area contributed by atoms with E-state index in [0.717, 1.165) is 16.7 Å². The molecule has 0 radical (unpaired) electrons. The Labute approximate surface area is 178 Å². The molecule has 0 aliphatic carbocycles. The predicted octanol–water partition coefficient (Wildman–Crippen LogP) is 5.46. The summed E-state index contributed by atoms with van der Waals surface area (Å²) in [5, 5.41) is 0. The van der Waals surface area contributed by atoms with Crippen LogP contribution in [0.2, 0.25) is 0 Å². The lowest BCUT2D eigenvalue weighted by Crippen LogP contribution is -2.24. The van der Waals surface area contributed by atoms with Crippen LogP contribution in [0.4, 0.5) is 0 Å². The van der Waals surface area contributed by atoms with E-state index in [1.807, 2.05) is 52.0 Å². The van der Waals surface area contributed by atoms with Gasteiger partial charge in [0.1, 0.15) is 5.60 Å². The zero-order valence-corrected chi connectivity index (χ0v) is 18.0. The normalized spacial score (nSPS) is 11.7.